The normalized spacial score (nSPS) is 13.0. The summed E-state index contributed by atoms with van der Waals surface area (Å²) < 4.78 is 16.1. The van der Waals surface area contributed by atoms with Crippen molar-refractivity contribution in [2.24, 2.45) is 5.92 Å². The van der Waals surface area contributed by atoms with Crippen molar-refractivity contribution in [2.45, 2.75) is 45.4 Å². The second-order valence-electron chi connectivity index (χ2n) is 9.63. The Balaban J connectivity index is 1.76. The Morgan fingerprint density at radius 3 is 2.62 bits per heavy atom. The number of hydrogen-bond acceptors (Lipinski definition) is 5. The Morgan fingerprint density at radius 2 is 1.95 bits per heavy atom. The number of allylic oxidation sites excluding steroid dienone is 1. The molecule has 3 rings (SSSR count). The van der Waals surface area contributed by atoms with E-state index in [0.29, 0.717) is 22.4 Å². The molecule has 0 fully saturated rings. The number of pyridine rings is 1. The van der Waals surface area contributed by atoms with Gasteiger partial charge in [-0.05, 0) is 43.0 Å². The second-order valence-corrected chi connectivity index (χ2v) is 9.63. The number of nitrogens with zero attached hydrogens (tertiary/aromatic N) is 3. The van der Waals surface area contributed by atoms with Gasteiger partial charge in [-0.15, -0.1) is 0 Å². The van der Waals surface area contributed by atoms with Crippen molar-refractivity contribution in [3.63, 3.8) is 0 Å². The molecule has 2 heterocycles. The van der Waals surface area contributed by atoms with Gasteiger partial charge < -0.3 is 30.2 Å². The van der Waals surface area contributed by atoms with Crippen LogP contribution < -0.4 is 16.2 Å². The number of benzene rings is 1. The first-order chi connectivity index (χ1) is 18.5. The molecule has 0 bridgehead atoms. The average Bonchev–Trinajstić information content (AvgIpc) is 3.29. The molecule has 3 aromatic rings. The van der Waals surface area contributed by atoms with Gasteiger partial charge in [0.15, 0.2) is 0 Å². The lowest BCUT2D eigenvalue weighted by Gasteiger charge is -2.16. The summed E-state index contributed by atoms with van der Waals surface area (Å²) in [7, 11) is 3.19. The number of amides is 3. The van der Waals surface area contributed by atoms with E-state index in [1.165, 1.54) is 27.8 Å². The number of alkyl halides is 1. The van der Waals surface area contributed by atoms with Crippen molar-refractivity contribution in [3.8, 4) is 0 Å². The number of para-hydroxylation sites is 1. The molecule has 39 heavy (non-hydrogen) atoms. The molecule has 2 atom stereocenters. The van der Waals surface area contributed by atoms with Gasteiger partial charge in [-0.1, -0.05) is 32.1 Å². The predicted molar refractivity (Wildman–Crippen MR) is 145 cm³/mol. The SMILES string of the molecule is CC(C)C(F)c1cccc2[nH]c(Cn3cccc(NC(=O)[C@H](CC/C=C/C(=O)N(C)C)NC(=O)O)c3=O)nc12. The average molecular weight is 541 g/mol. The zero-order valence-electron chi connectivity index (χ0n) is 22.3. The number of likely N-dealkylation sites (N-methyl/N-ethyl adjacent to an activating group) is 1. The molecule has 0 saturated carbocycles. The number of carbonyl (C=O) groups excluding carboxylic acids is 2. The summed E-state index contributed by atoms with van der Waals surface area (Å²) >= 11 is 0. The molecule has 0 aliphatic heterocycles. The summed E-state index contributed by atoms with van der Waals surface area (Å²) in [4.78, 5) is 57.8. The highest BCUT2D eigenvalue weighted by atomic mass is 19.1. The van der Waals surface area contributed by atoms with E-state index in [4.69, 9.17) is 5.11 Å². The molecular weight excluding hydrogens is 507 g/mol. The number of carbonyl (C=O) groups is 3. The number of anilines is 1. The summed E-state index contributed by atoms with van der Waals surface area (Å²) in [5, 5.41) is 13.8. The van der Waals surface area contributed by atoms with Crippen molar-refractivity contribution in [3.05, 3.63) is 70.4 Å². The number of aromatic amines is 1. The van der Waals surface area contributed by atoms with Crippen LogP contribution in [0, 0.1) is 5.92 Å². The lowest BCUT2D eigenvalue weighted by molar-refractivity contribution is -0.123. The van der Waals surface area contributed by atoms with Gasteiger partial charge in [-0.2, -0.15) is 0 Å². The number of aromatic nitrogens is 3. The summed E-state index contributed by atoms with van der Waals surface area (Å²) in [6.45, 7) is 3.61. The first-order valence-electron chi connectivity index (χ1n) is 12.5. The second kappa shape index (κ2) is 12.9. The largest absolute Gasteiger partial charge is 0.465 e. The van der Waals surface area contributed by atoms with Gasteiger partial charge in [0, 0.05) is 25.9 Å². The summed E-state index contributed by atoms with van der Waals surface area (Å²) in [5.74, 6) is -0.745. The van der Waals surface area contributed by atoms with Crippen LogP contribution in [0.4, 0.5) is 14.9 Å². The van der Waals surface area contributed by atoms with Crippen LogP contribution in [-0.4, -0.2) is 62.6 Å². The van der Waals surface area contributed by atoms with E-state index in [1.807, 2.05) is 0 Å². The maximum Gasteiger partial charge on any atom is 0.405 e. The fourth-order valence-electron chi connectivity index (χ4n) is 3.91. The van der Waals surface area contributed by atoms with Crippen molar-refractivity contribution in [2.75, 3.05) is 19.4 Å². The first kappa shape index (κ1) is 29.1. The molecule has 0 radical (unpaired) electrons. The van der Waals surface area contributed by atoms with Gasteiger partial charge in [0.2, 0.25) is 11.8 Å². The molecule has 4 N–H and O–H groups in total. The van der Waals surface area contributed by atoms with Gasteiger partial charge in [0.25, 0.3) is 5.56 Å². The number of fused-ring (bicyclic) bond motifs is 1. The number of hydrogen-bond donors (Lipinski definition) is 4. The minimum atomic E-state index is -1.40. The van der Waals surface area contributed by atoms with E-state index in [1.54, 1.807) is 58.3 Å². The molecule has 1 unspecified atom stereocenters. The molecule has 208 valence electrons. The lowest BCUT2D eigenvalue weighted by Crippen LogP contribution is -2.44. The molecule has 12 heteroatoms. The number of imidazole rings is 1. The topological polar surface area (TPSA) is 149 Å². The number of H-pyrrole nitrogens is 1. The van der Waals surface area contributed by atoms with Crippen molar-refractivity contribution >= 4 is 34.6 Å². The van der Waals surface area contributed by atoms with Gasteiger partial charge in [-0.25, -0.2) is 14.2 Å². The van der Waals surface area contributed by atoms with Crippen molar-refractivity contribution in [1.82, 2.24) is 24.8 Å². The van der Waals surface area contributed by atoms with Gasteiger partial charge in [0.05, 0.1) is 17.6 Å². The van der Waals surface area contributed by atoms with Gasteiger partial charge in [-0.3, -0.25) is 14.4 Å². The highest BCUT2D eigenvalue weighted by Crippen LogP contribution is 2.30. The standard InChI is InChI=1S/C27H33FN6O5/c1-16(2)23(28)17-9-7-11-18-24(17)32-21(29-18)15-34-14-8-12-20(26(34)37)30-25(36)19(31-27(38)39)10-5-6-13-22(35)33(3)4/h6-9,11-14,16,19,23,31H,5,10,15H2,1-4H3,(H,29,32)(H,30,36)(H,38,39)/b13-6+/t19-,23?/m0/s1. The van der Waals surface area contributed by atoms with E-state index in [9.17, 15) is 23.6 Å². The summed E-state index contributed by atoms with van der Waals surface area (Å²) in [5.41, 5.74) is 1.04. The molecule has 11 nitrogen and oxygen atoms in total. The molecule has 0 saturated heterocycles. The van der Waals surface area contributed by atoms with E-state index >= 15 is 0 Å². The van der Waals surface area contributed by atoms with Crippen LogP contribution in [0.2, 0.25) is 0 Å². The number of rotatable bonds is 11. The Kier molecular flexibility index (Phi) is 9.58. The van der Waals surface area contributed by atoms with Crippen LogP contribution in [-0.2, 0) is 16.1 Å². The van der Waals surface area contributed by atoms with Gasteiger partial charge >= 0.3 is 6.09 Å². The van der Waals surface area contributed by atoms with Crippen molar-refractivity contribution < 1.29 is 23.9 Å². The zero-order valence-corrected chi connectivity index (χ0v) is 22.3. The van der Waals surface area contributed by atoms with Crippen LogP contribution in [0.5, 0.6) is 0 Å². The van der Waals surface area contributed by atoms with E-state index in [-0.39, 0.29) is 36.9 Å². The number of halogens is 1. The van der Waals surface area contributed by atoms with E-state index in [0.717, 1.165) is 0 Å². The lowest BCUT2D eigenvalue weighted by atomic mass is 9.99. The zero-order chi connectivity index (χ0) is 28.7. The molecule has 3 amide bonds. The van der Waals surface area contributed by atoms with E-state index < -0.39 is 29.8 Å². The van der Waals surface area contributed by atoms with Crippen LogP contribution in [0.3, 0.4) is 0 Å². The molecule has 2 aromatic heterocycles. The van der Waals surface area contributed by atoms with Gasteiger partial charge in [0.1, 0.15) is 23.7 Å². The third-order valence-electron chi connectivity index (χ3n) is 6.01. The molecule has 1 aromatic carbocycles. The smallest absolute Gasteiger partial charge is 0.405 e. The quantitative estimate of drug-likeness (QED) is 0.274. The highest BCUT2D eigenvalue weighted by molar-refractivity contribution is 5.96. The fourth-order valence-corrected chi connectivity index (χ4v) is 3.91. The summed E-state index contributed by atoms with van der Waals surface area (Å²) in [6.07, 6.45) is 2.15. The Bertz CT molecular complexity index is 1430. The first-order valence-corrected chi connectivity index (χ1v) is 12.5. The fraction of sp³-hybridized carbons (Fsp3) is 0.370. The molecular formula is C27H33FN6O5. The third-order valence-corrected chi connectivity index (χ3v) is 6.01. The molecule has 0 aliphatic rings. The number of carboxylic acid groups (broad SMARTS) is 1. The molecule has 0 spiro atoms. The van der Waals surface area contributed by atoms with Crippen LogP contribution in [0.25, 0.3) is 11.0 Å². The van der Waals surface area contributed by atoms with Crippen LogP contribution in [0.1, 0.15) is 44.2 Å². The van der Waals surface area contributed by atoms with E-state index in [2.05, 4.69) is 20.6 Å². The monoisotopic (exact) mass is 540 g/mol. The number of nitrogens with one attached hydrogen (secondary N) is 3. The predicted octanol–water partition coefficient (Wildman–Crippen LogP) is 3.44. The minimum Gasteiger partial charge on any atom is -0.465 e. The van der Waals surface area contributed by atoms with Crippen LogP contribution >= 0.6 is 0 Å². The maximum atomic E-state index is 14.8. The van der Waals surface area contributed by atoms with Crippen LogP contribution in [0.15, 0.2) is 53.5 Å². The Morgan fingerprint density at radius 1 is 1.21 bits per heavy atom. The highest BCUT2D eigenvalue weighted by Gasteiger charge is 2.22. The maximum absolute atomic E-state index is 14.8. The Hall–Kier alpha value is -4.48. The third kappa shape index (κ3) is 7.53. The minimum absolute atomic E-state index is 0.0385. The summed E-state index contributed by atoms with van der Waals surface area (Å²) in [6, 6.07) is 7.04. The Labute approximate surface area is 224 Å². The van der Waals surface area contributed by atoms with Crippen molar-refractivity contribution in [1.29, 1.82) is 0 Å². The molecule has 0 aliphatic carbocycles.